The Morgan fingerprint density at radius 1 is 1.33 bits per heavy atom. The highest BCUT2D eigenvalue weighted by atomic mass is 16.5. The van der Waals surface area contributed by atoms with Gasteiger partial charge in [0.1, 0.15) is 0 Å². The maximum atomic E-state index is 11.0. The molecule has 1 aliphatic rings. The molecule has 0 radical (unpaired) electrons. The van der Waals surface area contributed by atoms with Crippen LogP contribution in [-0.4, -0.2) is 29.9 Å². The molecular formula is C7H9NO4. The Hall–Kier alpha value is -1.39. The highest BCUT2D eigenvalue weighted by Gasteiger charge is 2.32. The van der Waals surface area contributed by atoms with E-state index in [2.05, 4.69) is 4.74 Å². The molecule has 1 rings (SSSR count). The van der Waals surface area contributed by atoms with Crippen molar-refractivity contribution in [2.45, 2.75) is 19.3 Å². The molecule has 12 heavy (non-hydrogen) atoms. The Labute approximate surface area is 69.3 Å². The number of hydrogen-bond acceptors (Lipinski definition) is 4. The van der Waals surface area contributed by atoms with Gasteiger partial charge >= 0.3 is 6.09 Å². The molecule has 0 bridgehead atoms. The van der Waals surface area contributed by atoms with Crippen LogP contribution in [0, 0.1) is 0 Å². The molecule has 0 N–H and O–H groups in total. The zero-order valence-corrected chi connectivity index (χ0v) is 6.70. The third-order valence-corrected chi connectivity index (χ3v) is 1.64. The lowest BCUT2D eigenvalue weighted by atomic mass is 10.1. The molecular weight excluding hydrogens is 162 g/mol. The van der Waals surface area contributed by atoms with E-state index in [0.29, 0.717) is 11.3 Å². The van der Waals surface area contributed by atoms with Gasteiger partial charge in [0.05, 0.1) is 7.11 Å². The monoisotopic (exact) mass is 171 g/mol. The molecule has 0 saturated carbocycles. The quantitative estimate of drug-likeness (QED) is 0.491. The van der Waals surface area contributed by atoms with Crippen molar-refractivity contribution in [3.8, 4) is 0 Å². The van der Waals surface area contributed by atoms with Crippen LogP contribution in [0.5, 0.6) is 0 Å². The summed E-state index contributed by atoms with van der Waals surface area (Å²) in [6.45, 7) is 0. The fourth-order valence-corrected chi connectivity index (χ4v) is 1.05. The van der Waals surface area contributed by atoms with E-state index in [-0.39, 0.29) is 12.8 Å². The zero-order chi connectivity index (χ0) is 9.14. The van der Waals surface area contributed by atoms with Crippen molar-refractivity contribution in [2.75, 3.05) is 7.11 Å². The third-order valence-electron chi connectivity index (χ3n) is 1.64. The number of amides is 3. The normalized spacial score (nSPS) is 17.9. The molecule has 0 aromatic carbocycles. The van der Waals surface area contributed by atoms with E-state index in [1.54, 1.807) is 0 Å². The van der Waals surface area contributed by atoms with Crippen LogP contribution in [-0.2, 0) is 14.3 Å². The SMILES string of the molecule is COC(=O)N1C(=O)CCCC1=O. The molecule has 0 unspecified atom stereocenters. The minimum absolute atomic E-state index is 0.237. The molecule has 0 aromatic heterocycles. The Morgan fingerprint density at radius 2 is 1.83 bits per heavy atom. The maximum absolute atomic E-state index is 11.0. The largest absolute Gasteiger partial charge is 0.452 e. The molecule has 5 nitrogen and oxygen atoms in total. The molecule has 5 heteroatoms. The molecule has 3 amide bonds. The van der Waals surface area contributed by atoms with Crippen molar-refractivity contribution in [3.63, 3.8) is 0 Å². The number of nitrogens with zero attached hydrogens (tertiary/aromatic N) is 1. The summed E-state index contributed by atoms with van der Waals surface area (Å²) in [6.07, 6.45) is 0.108. The summed E-state index contributed by atoms with van der Waals surface area (Å²) >= 11 is 0. The highest BCUT2D eigenvalue weighted by Crippen LogP contribution is 2.12. The Kier molecular flexibility index (Phi) is 2.42. The van der Waals surface area contributed by atoms with E-state index in [9.17, 15) is 14.4 Å². The van der Waals surface area contributed by atoms with Gasteiger partial charge in [-0.3, -0.25) is 9.59 Å². The zero-order valence-electron chi connectivity index (χ0n) is 6.70. The maximum Gasteiger partial charge on any atom is 0.423 e. The van der Waals surface area contributed by atoms with Crippen molar-refractivity contribution in [1.82, 2.24) is 4.90 Å². The Morgan fingerprint density at radius 3 is 2.25 bits per heavy atom. The van der Waals surface area contributed by atoms with E-state index in [1.807, 2.05) is 0 Å². The van der Waals surface area contributed by atoms with E-state index >= 15 is 0 Å². The summed E-state index contributed by atoms with van der Waals surface area (Å²) in [6, 6.07) is 0. The number of ether oxygens (including phenoxy) is 1. The summed E-state index contributed by atoms with van der Waals surface area (Å²) in [4.78, 5) is 33.4. The standard InChI is InChI=1S/C7H9NO4/c1-12-7(11)8-5(9)3-2-4-6(8)10/h2-4H2,1H3. The fraction of sp³-hybridized carbons (Fsp3) is 0.571. The Bertz CT molecular complexity index is 209. The average Bonchev–Trinajstić information content (AvgIpc) is 2.03. The van der Waals surface area contributed by atoms with Crippen LogP contribution >= 0.6 is 0 Å². The molecule has 1 heterocycles. The topological polar surface area (TPSA) is 63.7 Å². The van der Waals surface area contributed by atoms with Gasteiger partial charge in [-0.2, -0.15) is 4.90 Å². The fourth-order valence-electron chi connectivity index (χ4n) is 1.05. The second-order valence-corrected chi connectivity index (χ2v) is 2.45. The average molecular weight is 171 g/mol. The van der Waals surface area contributed by atoms with Crippen LogP contribution in [0.4, 0.5) is 4.79 Å². The number of carbonyl (C=O) groups is 3. The molecule has 66 valence electrons. The van der Waals surface area contributed by atoms with Gasteiger partial charge in [-0.25, -0.2) is 4.79 Å². The molecule has 1 saturated heterocycles. The molecule has 1 aliphatic heterocycles. The summed E-state index contributed by atoms with van der Waals surface area (Å²) in [7, 11) is 1.14. The number of methoxy groups -OCH3 is 1. The molecule has 0 spiro atoms. The first kappa shape index (κ1) is 8.70. The predicted molar refractivity (Wildman–Crippen MR) is 38.1 cm³/mol. The summed E-state index contributed by atoms with van der Waals surface area (Å²) < 4.78 is 4.28. The predicted octanol–water partition coefficient (Wildman–Crippen LogP) is 0.292. The van der Waals surface area contributed by atoms with Crippen molar-refractivity contribution < 1.29 is 19.1 Å². The van der Waals surface area contributed by atoms with Crippen LogP contribution in [0.25, 0.3) is 0 Å². The van der Waals surface area contributed by atoms with E-state index in [1.165, 1.54) is 0 Å². The third kappa shape index (κ3) is 1.44. The number of likely N-dealkylation sites (tertiary alicyclic amines) is 1. The van der Waals surface area contributed by atoms with Crippen LogP contribution in [0.1, 0.15) is 19.3 Å². The number of hydrogen-bond donors (Lipinski definition) is 0. The van der Waals surface area contributed by atoms with Crippen molar-refractivity contribution >= 4 is 17.9 Å². The smallest absolute Gasteiger partial charge is 0.423 e. The van der Waals surface area contributed by atoms with Crippen LogP contribution in [0.15, 0.2) is 0 Å². The number of imide groups is 3. The van der Waals surface area contributed by atoms with E-state index in [0.717, 1.165) is 7.11 Å². The lowest BCUT2D eigenvalue weighted by molar-refractivity contribution is -0.145. The van der Waals surface area contributed by atoms with E-state index < -0.39 is 17.9 Å². The minimum Gasteiger partial charge on any atom is -0.452 e. The molecule has 1 fully saturated rings. The van der Waals surface area contributed by atoms with Crippen molar-refractivity contribution in [1.29, 1.82) is 0 Å². The van der Waals surface area contributed by atoms with Gasteiger partial charge in [-0.15, -0.1) is 0 Å². The molecule has 0 aromatic rings. The first-order valence-corrected chi connectivity index (χ1v) is 3.60. The summed E-state index contributed by atoms with van der Waals surface area (Å²) in [5.74, 6) is -0.948. The van der Waals surface area contributed by atoms with E-state index in [4.69, 9.17) is 0 Å². The number of carbonyl (C=O) groups excluding carboxylic acids is 3. The summed E-state index contributed by atoms with van der Waals surface area (Å²) in [5.41, 5.74) is 0. The molecule has 0 atom stereocenters. The van der Waals surface area contributed by atoms with Gasteiger partial charge < -0.3 is 4.74 Å². The van der Waals surface area contributed by atoms with Gasteiger partial charge in [0.15, 0.2) is 0 Å². The first-order valence-electron chi connectivity index (χ1n) is 3.60. The minimum atomic E-state index is -0.885. The van der Waals surface area contributed by atoms with Crippen molar-refractivity contribution in [3.05, 3.63) is 0 Å². The van der Waals surface area contributed by atoms with Gasteiger partial charge in [-0.05, 0) is 6.42 Å². The lowest BCUT2D eigenvalue weighted by Crippen LogP contribution is -2.44. The van der Waals surface area contributed by atoms with Crippen LogP contribution < -0.4 is 0 Å². The van der Waals surface area contributed by atoms with Crippen LogP contribution in [0.3, 0.4) is 0 Å². The molecule has 0 aliphatic carbocycles. The van der Waals surface area contributed by atoms with Gasteiger partial charge in [0.25, 0.3) is 0 Å². The second-order valence-electron chi connectivity index (χ2n) is 2.45. The first-order chi connectivity index (χ1) is 5.66. The van der Waals surface area contributed by atoms with Gasteiger partial charge in [0.2, 0.25) is 11.8 Å². The highest BCUT2D eigenvalue weighted by molar-refractivity contribution is 6.10. The van der Waals surface area contributed by atoms with Crippen molar-refractivity contribution in [2.24, 2.45) is 0 Å². The lowest BCUT2D eigenvalue weighted by Gasteiger charge is -2.20. The van der Waals surface area contributed by atoms with Gasteiger partial charge in [0, 0.05) is 12.8 Å². The summed E-state index contributed by atoms with van der Waals surface area (Å²) in [5, 5.41) is 0. The van der Waals surface area contributed by atoms with Crippen LogP contribution in [0.2, 0.25) is 0 Å². The number of piperidine rings is 1. The number of rotatable bonds is 0. The Balaban J connectivity index is 2.76. The van der Waals surface area contributed by atoms with Gasteiger partial charge in [-0.1, -0.05) is 0 Å². The second kappa shape index (κ2) is 3.34.